The number of aromatic nitrogens is 4. The monoisotopic (exact) mass is 587 g/mol. The van der Waals surface area contributed by atoms with E-state index in [0.29, 0.717) is 17.8 Å². The Bertz CT molecular complexity index is 1470. The molecule has 1 saturated carbocycles. The van der Waals surface area contributed by atoms with Crippen molar-refractivity contribution in [2.45, 2.75) is 36.7 Å². The third-order valence-corrected chi connectivity index (χ3v) is 7.14. The number of methoxy groups -OCH3 is 1. The van der Waals surface area contributed by atoms with Crippen LogP contribution >= 0.6 is 11.6 Å². The zero-order chi connectivity index (χ0) is 29.0. The third kappa shape index (κ3) is 5.28. The first kappa shape index (κ1) is 28.0. The van der Waals surface area contributed by atoms with Gasteiger partial charge < -0.3 is 25.3 Å². The Labute approximate surface area is 228 Å². The minimum atomic E-state index is -4.93. The minimum Gasteiger partial charge on any atom is -0.378 e. The van der Waals surface area contributed by atoms with E-state index < -0.39 is 47.6 Å². The van der Waals surface area contributed by atoms with E-state index in [0.717, 1.165) is 17.0 Å². The fourth-order valence-corrected chi connectivity index (χ4v) is 4.83. The third-order valence-electron chi connectivity index (χ3n) is 6.83. The van der Waals surface area contributed by atoms with Gasteiger partial charge in [0.2, 0.25) is 0 Å². The molecule has 2 amide bonds. The average Bonchev–Trinajstić information content (AvgIpc) is 3.31. The van der Waals surface area contributed by atoms with E-state index in [4.69, 9.17) is 16.3 Å². The number of nitrogens with one attached hydrogen (secondary N) is 3. The van der Waals surface area contributed by atoms with Crippen LogP contribution in [0, 0.1) is 0 Å². The zero-order valence-electron chi connectivity index (χ0n) is 21.0. The number of carbonyl (C=O) groups excluding carboxylic acids is 2. The number of carbonyl (C=O) groups is 2. The van der Waals surface area contributed by atoms with Gasteiger partial charge in [-0.15, -0.1) is 0 Å². The number of rotatable bonds is 7. The lowest BCUT2D eigenvalue weighted by Crippen LogP contribution is -2.43. The normalized spacial score (nSPS) is 21.9. The fraction of sp³-hybridized carbons (Fsp3) is 0.417. The first-order valence-corrected chi connectivity index (χ1v) is 12.4. The van der Waals surface area contributed by atoms with E-state index in [2.05, 4.69) is 26.0 Å². The molecule has 2 aromatic heterocycles. The number of anilines is 1. The van der Waals surface area contributed by atoms with Crippen molar-refractivity contribution in [2.24, 2.45) is 7.05 Å². The number of hydrogen-bond donors (Lipinski definition) is 3. The van der Waals surface area contributed by atoms with Crippen LogP contribution in [0.1, 0.15) is 39.1 Å². The summed E-state index contributed by atoms with van der Waals surface area (Å²) in [5.74, 6) is -4.61. The topological polar surface area (TPSA) is 115 Å². The van der Waals surface area contributed by atoms with Crippen LogP contribution in [0.3, 0.4) is 0 Å². The van der Waals surface area contributed by atoms with Crippen LogP contribution < -0.4 is 16.0 Å². The summed E-state index contributed by atoms with van der Waals surface area (Å²) in [6.45, 7) is 1.12. The Balaban J connectivity index is 1.33. The smallest absolute Gasteiger partial charge is 0.378 e. The van der Waals surface area contributed by atoms with Crippen molar-refractivity contribution in [3.63, 3.8) is 0 Å². The van der Waals surface area contributed by atoms with Crippen LogP contribution in [0.25, 0.3) is 11.3 Å². The Morgan fingerprint density at radius 1 is 1.23 bits per heavy atom. The highest BCUT2D eigenvalue weighted by Crippen LogP contribution is 2.53. The number of imidazole rings is 1. The SMILES string of the molecule is CO[C@H]1CNC[C@@H]1NC(=O)c1ccc(NC(=O)c2ncc(-c3cn(C4CC4(F)F)nc3C(F)(F)F)n2C)cc1Cl. The molecule has 0 spiro atoms. The molecule has 1 aromatic carbocycles. The van der Waals surface area contributed by atoms with Gasteiger partial charge in [0.25, 0.3) is 17.7 Å². The average molecular weight is 588 g/mol. The van der Waals surface area contributed by atoms with Gasteiger partial charge in [-0.25, -0.2) is 13.8 Å². The highest BCUT2D eigenvalue weighted by atomic mass is 35.5. The second kappa shape index (κ2) is 10.1. The van der Waals surface area contributed by atoms with Gasteiger partial charge in [-0.1, -0.05) is 11.6 Å². The van der Waals surface area contributed by atoms with Crippen molar-refractivity contribution < 1.29 is 36.3 Å². The van der Waals surface area contributed by atoms with Gasteiger partial charge in [0, 0.05) is 45.6 Å². The summed E-state index contributed by atoms with van der Waals surface area (Å²) >= 11 is 6.29. The number of nitrogens with zero attached hydrogens (tertiary/aromatic N) is 4. The summed E-state index contributed by atoms with van der Waals surface area (Å²) in [6.07, 6.45) is -3.82. The minimum absolute atomic E-state index is 0.0508. The van der Waals surface area contributed by atoms with Gasteiger partial charge in [0.1, 0.15) is 6.04 Å². The number of benzene rings is 1. The summed E-state index contributed by atoms with van der Waals surface area (Å²) in [5.41, 5.74) is -1.63. The molecule has 0 radical (unpaired) electrons. The van der Waals surface area contributed by atoms with E-state index in [-0.39, 0.29) is 39.9 Å². The number of halogens is 6. The Hall–Kier alpha value is -3.56. The van der Waals surface area contributed by atoms with Crippen molar-refractivity contribution >= 4 is 29.1 Å². The molecule has 2 aliphatic rings. The lowest BCUT2D eigenvalue weighted by molar-refractivity contribution is -0.141. The van der Waals surface area contributed by atoms with Gasteiger partial charge in [-0.3, -0.25) is 14.3 Å². The fourth-order valence-electron chi connectivity index (χ4n) is 4.56. The van der Waals surface area contributed by atoms with E-state index in [1.54, 1.807) is 7.11 Å². The molecular weight excluding hydrogens is 565 g/mol. The van der Waals surface area contributed by atoms with Crippen molar-refractivity contribution in [3.8, 4) is 11.3 Å². The lowest BCUT2D eigenvalue weighted by atomic mass is 10.1. The van der Waals surface area contributed by atoms with Gasteiger partial charge in [-0.2, -0.15) is 18.3 Å². The molecule has 1 aliphatic carbocycles. The number of ether oxygens (including phenoxy) is 1. The zero-order valence-corrected chi connectivity index (χ0v) is 21.8. The number of hydrogen-bond acceptors (Lipinski definition) is 6. The van der Waals surface area contributed by atoms with Crippen LogP contribution in [0.15, 0.2) is 30.6 Å². The molecule has 1 unspecified atom stereocenters. The molecule has 5 rings (SSSR count). The van der Waals surface area contributed by atoms with Crippen molar-refractivity contribution in [1.82, 2.24) is 30.0 Å². The molecule has 1 aliphatic heterocycles. The Morgan fingerprint density at radius 3 is 2.58 bits per heavy atom. The Morgan fingerprint density at radius 2 is 1.95 bits per heavy atom. The predicted molar refractivity (Wildman–Crippen MR) is 132 cm³/mol. The molecule has 3 aromatic rings. The second-order valence-corrected chi connectivity index (χ2v) is 9.94. The Kier molecular flexibility index (Phi) is 7.08. The summed E-state index contributed by atoms with van der Waals surface area (Å²) in [4.78, 5) is 29.5. The van der Waals surface area contributed by atoms with Crippen molar-refractivity contribution in [2.75, 3.05) is 25.5 Å². The quantitative estimate of drug-likeness (QED) is 0.365. The molecule has 214 valence electrons. The second-order valence-electron chi connectivity index (χ2n) is 9.54. The van der Waals surface area contributed by atoms with Gasteiger partial charge in [0.15, 0.2) is 11.5 Å². The van der Waals surface area contributed by atoms with E-state index >= 15 is 0 Å². The van der Waals surface area contributed by atoms with Crippen LogP contribution in [0.4, 0.5) is 27.6 Å². The van der Waals surface area contributed by atoms with Crippen LogP contribution in [0.2, 0.25) is 5.02 Å². The lowest BCUT2D eigenvalue weighted by Gasteiger charge is -2.19. The molecule has 3 heterocycles. The van der Waals surface area contributed by atoms with Crippen LogP contribution in [-0.4, -0.2) is 69.4 Å². The van der Waals surface area contributed by atoms with Crippen molar-refractivity contribution in [3.05, 3.63) is 52.7 Å². The molecule has 3 atom stereocenters. The molecule has 40 heavy (non-hydrogen) atoms. The summed E-state index contributed by atoms with van der Waals surface area (Å²) in [5, 5.41) is 11.9. The summed E-state index contributed by atoms with van der Waals surface area (Å²) in [7, 11) is 2.86. The van der Waals surface area contributed by atoms with Gasteiger partial charge in [0.05, 0.1) is 40.2 Å². The van der Waals surface area contributed by atoms with E-state index in [1.165, 1.54) is 25.2 Å². The largest absolute Gasteiger partial charge is 0.435 e. The molecule has 10 nitrogen and oxygen atoms in total. The maximum Gasteiger partial charge on any atom is 0.435 e. The molecule has 1 saturated heterocycles. The number of alkyl halides is 5. The molecule has 16 heteroatoms. The predicted octanol–water partition coefficient (Wildman–Crippen LogP) is 3.50. The molecule has 3 N–H and O–H groups in total. The molecular formula is C24H23ClF5N7O3. The van der Waals surface area contributed by atoms with Gasteiger partial charge in [-0.05, 0) is 18.2 Å². The van der Waals surface area contributed by atoms with Crippen LogP contribution in [0.5, 0.6) is 0 Å². The standard InChI is InChI=1S/C24H23ClF5N7O3/c1-36-16(13-10-37(18-6-23(18,26)27)35-19(13)24(28,29)30)8-32-20(36)22(39)33-11-3-4-12(14(25)5-11)21(38)34-15-7-31-9-17(15)40-2/h3-5,8,10,15,17-18,31H,6-7,9H2,1-2H3,(H,33,39)(H,34,38)/t15-,17-,18?/m0/s1. The molecule has 0 bridgehead atoms. The summed E-state index contributed by atoms with van der Waals surface area (Å²) < 4.78 is 75.0. The maximum atomic E-state index is 13.7. The first-order valence-electron chi connectivity index (χ1n) is 12.0. The maximum absolute atomic E-state index is 13.7. The van der Waals surface area contributed by atoms with Gasteiger partial charge >= 0.3 is 6.18 Å². The first-order chi connectivity index (χ1) is 18.8. The van der Waals surface area contributed by atoms with E-state index in [1.807, 2.05) is 0 Å². The van der Waals surface area contributed by atoms with E-state index in [9.17, 15) is 31.5 Å². The highest BCUT2D eigenvalue weighted by molar-refractivity contribution is 6.34. The van der Waals surface area contributed by atoms with Crippen LogP contribution in [-0.2, 0) is 18.0 Å². The summed E-state index contributed by atoms with van der Waals surface area (Å²) in [6, 6.07) is 2.48. The highest BCUT2D eigenvalue weighted by Gasteiger charge is 2.59. The molecule has 2 fully saturated rings. The number of amides is 2. The van der Waals surface area contributed by atoms with Crippen molar-refractivity contribution in [1.29, 1.82) is 0 Å².